The molecule has 8 nitrogen and oxygen atoms in total. The van der Waals surface area contributed by atoms with Gasteiger partial charge in [0.25, 0.3) is 0 Å². The summed E-state index contributed by atoms with van der Waals surface area (Å²) in [5.74, 6) is -3.65. The van der Waals surface area contributed by atoms with E-state index in [1.807, 2.05) is 6.07 Å². The van der Waals surface area contributed by atoms with Crippen molar-refractivity contribution >= 4 is 42.3 Å². The van der Waals surface area contributed by atoms with Crippen molar-refractivity contribution in [3.63, 3.8) is 0 Å². The molecule has 0 spiro atoms. The lowest BCUT2D eigenvalue weighted by Crippen LogP contribution is -2.31. The Kier molecular flexibility index (Phi) is 7.84. The highest BCUT2D eigenvalue weighted by Gasteiger charge is 2.29. The number of hydrogen-bond donors (Lipinski definition) is 5. The van der Waals surface area contributed by atoms with Gasteiger partial charge in [-0.15, -0.1) is 0 Å². The van der Waals surface area contributed by atoms with E-state index >= 15 is 0 Å². The Morgan fingerprint density at radius 2 is 1.83 bits per heavy atom. The van der Waals surface area contributed by atoms with E-state index in [-0.39, 0.29) is 18.0 Å². The highest BCUT2D eigenvalue weighted by atomic mass is 32.1. The molecule has 0 bridgehead atoms. The van der Waals surface area contributed by atoms with Gasteiger partial charge in [-0.1, -0.05) is 18.2 Å². The smallest absolute Gasteiger partial charge is 0.307 e. The topological polar surface area (TPSA) is 136 Å². The summed E-state index contributed by atoms with van der Waals surface area (Å²) < 4.78 is 12.1. The summed E-state index contributed by atoms with van der Waals surface area (Å²) in [5, 5.41) is 23.2. The molecular formula is C14H19N2O6PS. The molecule has 1 rings (SSSR count). The Morgan fingerprint density at radius 3 is 2.38 bits per heavy atom. The highest BCUT2D eigenvalue weighted by Crippen LogP contribution is 2.42. The lowest BCUT2D eigenvalue weighted by atomic mass is 10.1. The number of carboxylic acids is 2. The van der Waals surface area contributed by atoms with Crippen LogP contribution in [0.25, 0.3) is 0 Å². The zero-order valence-electron chi connectivity index (χ0n) is 12.7. The van der Waals surface area contributed by atoms with E-state index in [2.05, 4.69) is 10.6 Å². The van der Waals surface area contributed by atoms with Crippen LogP contribution in [0, 0.1) is 5.92 Å². The largest absolute Gasteiger partial charge is 0.481 e. The molecule has 0 amide bonds. The Morgan fingerprint density at radius 1 is 1.21 bits per heavy atom. The van der Waals surface area contributed by atoms with E-state index in [1.165, 1.54) is 0 Å². The van der Waals surface area contributed by atoms with E-state index < -0.39 is 37.7 Å². The fourth-order valence-corrected chi connectivity index (χ4v) is 3.75. The molecule has 1 aromatic rings. The molecule has 0 aliphatic carbocycles. The van der Waals surface area contributed by atoms with Gasteiger partial charge in [0.15, 0.2) is 5.11 Å². The maximum Gasteiger partial charge on any atom is 0.307 e. The number of para-hydroxylation sites is 1. The first-order valence-corrected chi connectivity index (χ1v) is 9.49. The second-order valence-corrected chi connectivity index (χ2v) is 7.93. The minimum absolute atomic E-state index is 0.132. The van der Waals surface area contributed by atoms with Crippen molar-refractivity contribution in [1.29, 1.82) is 0 Å². The van der Waals surface area contributed by atoms with E-state index in [4.69, 9.17) is 22.4 Å². The van der Waals surface area contributed by atoms with Crippen LogP contribution in [0.5, 0.6) is 0 Å². The van der Waals surface area contributed by atoms with Gasteiger partial charge < -0.3 is 25.7 Å². The van der Waals surface area contributed by atoms with Gasteiger partial charge in [0.05, 0.1) is 12.2 Å². The van der Waals surface area contributed by atoms with Gasteiger partial charge in [-0.05, 0) is 30.8 Å². The summed E-state index contributed by atoms with van der Waals surface area (Å²) in [6.07, 6.45) is -1.50. The molecule has 132 valence electrons. The molecule has 0 radical (unpaired) electrons. The molecule has 24 heavy (non-hydrogen) atoms. The number of nitrogens with one attached hydrogen (secondary N) is 2. The van der Waals surface area contributed by atoms with Crippen molar-refractivity contribution in [3.05, 3.63) is 30.3 Å². The van der Waals surface area contributed by atoms with Gasteiger partial charge in [0.1, 0.15) is 0 Å². The summed E-state index contributed by atoms with van der Waals surface area (Å²) in [5.41, 5.74) is 0.702. The third-order valence-electron chi connectivity index (χ3n) is 3.08. The average Bonchev–Trinajstić information content (AvgIpc) is 2.50. The van der Waals surface area contributed by atoms with Crippen LogP contribution in [0.1, 0.15) is 12.8 Å². The monoisotopic (exact) mass is 374 g/mol. The first-order valence-electron chi connectivity index (χ1n) is 7.05. The molecular weight excluding hydrogens is 355 g/mol. The third kappa shape index (κ3) is 8.05. The number of carboxylic acid groups (broad SMARTS) is 2. The molecule has 0 aliphatic heterocycles. The maximum absolute atomic E-state index is 12.1. The number of anilines is 1. The van der Waals surface area contributed by atoms with Crippen LogP contribution in [0.3, 0.4) is 0 Å². The lowest BCUT2D eigenvalue weighted by Gasteiger charge is -2.18. The molecule has 0 aliphatic rings. The molecule has 5 N–H and O–H groups in total. The van der Waals surface area contributed by atoms with E-state index in [9.17, 15) is 19.0 Å². The normalized spacial score (nSPS) is 14.2. The SMILES string of the molecule is O=C(O)CCC(CP(=O)(O)CNC(=S)Nc1ccccc1)C(=O)O. The minimum atomic E-state index is -3.83. The Balaban J connectivity index is 2.51. The van der Waals surface area contributed by atoms with E-state index in [1.54, 1.807) is 24.3 Å². The van der Waals surface area contributed by atoms with Crippen LogP contribution < -0.4 is 10.6 Å². The second-order valence-electron chi connectivity index (χ2n) is 5.15. The number of thiocarbonyl (C=S) groups is 1. The van der Waals surface area contributed by atoms with Crippen LogP contribution in [-0.4, -0.2) is 44.6 Å². The van der Waals surface area contributed by atoms with E-state index in [0.29, 0.717) is 5.69 Å². The van der Waals surface area contributed by atoms with Gasteiger partial charge >= 0.3 is 11.9 Å². The van der Waals surface area contributed by atoms with Crippen molar-refractivity contribution in [2.75, 3.05) is 17.8 Å². The fraction of sp³-hybridized carbons (Fsp3) is 0.357. The van der Waals surface area contributed by atoms with E-state index in [0.717, 1.165) is 0 Å². The van der Waals surface area contributed by atoms with Gasteiger partial charge in [-0.3, -0.25) is 14.2 Å². The van der Waals surface area contributed by atoms with Gasteiger partial charge in [-0.25, -0.2) is 0 Å². The van der Waals surface area contributed by atoms with Crippen LogP contribution in [0.15, 0.2) is 30.3 Å². The molecule has 0 aromatic heterocycles. The molecule has 0 fully saturated rings. The minimum Gasteiger partial charge on any atom is -0.481 e. The highest BCUT2D eigenvalue weighted by molar-refractivity contribution is 7.80. The molecule has 2 unspecified atom stereocenters. The zero-order valence-corrected chi connectivity index (χ0v) is 14.4. The van der Waals surface area contributed by atoms with Crippen molar-refractivity contribution in [1.82, 2.24) is 5.32 Å². The molecule has 0 saturated heterocycles. The predicted molar refractivity (Wildman–Crippen MR) is 93.4 cm³/mol. The Bertz CT molecular complexity index is 639. The number of benzene rings is 1. The second kappa shape index (κ2) is 9.36. The lowest BCUT2D eigenvalue weighted by molar-refractivity contribution is -0.142. The first kappa shape index (κ1) is 20.1. The van der Waals surface area contributed by atoms with Crippen molar-refractivity contribution in [3.8, 4) is 0 Å². The van der Waals surface area contributed by atoms with Gasteiger partial charge in [0.2, 0.25) is 7.37 Å². The van der Waals surface area contributed by atoms with Crippen LogP contribution >= 0.6 is 19.6 Å². The summed E-state index contributed by atoms with van der Waals surface area (Å²) >= 11 is 5.01. The fourth-order valence-electron chi connectivity index (χ4n) is 1.89. The molecule has 1 aromatic carbocycles. The number of rotatable bonds is 9. The Hall–Kier alpha value is -1.96. The number of carbonyl (C=O) groups is 2. The maximum atomic E-state index is 12.1. The first-order chi connectivity index (χ1) is 11.2. The van der Waals surface area contributed by atoms with Crippen molar-refractivity contribution in [2.24, 2.45) is 5.92 Å². The van der Waals surface area contributed by atoms with Crippen LogP contribution in [0.2, 0.25) is 0 Å². The van der Waals surface area contributed by atoms with Crippen molar-refractivity contribution in [2.45, 2.75) is 12.8 Å². The van der Waals surface area contributed by atoms with Gasteiger partial charge in [0, 0.05) is 18.3 Å². The molecule has 0 heterocycles. The predicted octanol–water partition coefficient (Wildman–Crippen LogP) is 1.77. The number of aliphatic carboxylic acids is 2. The molecule has 10 heteroatoms. The van der Waals surface area contributed by atoms with Crippen molar-refractivity contribution < 1.29 is 29.3 Å². The quantitative estimate of drug-likeness (QED) is 0.323. The number of hydrogen-bond acceptors (Lipinski definition) is 4. The molecule has 2 atom stereocenters. The summed E-state index contributed by atoms with van der Waals surface area (Å²) in [4.78, 5) is 31.5. The summed E-state index contributed by atoms with van der Waals surface area (Å²) in [6, 6.07) is 8.94. The van der Waals surface area contributed by atoms with Gasteiger partial charge in [-0.2, -0.15) is 0 Å². The molecule has 0 saturated carbocycles. The summed E-state index contributed by atoms with van der Waals surface area (Å²) in [6.45, 7) is 0. The van der Waals surface area contributed by atoms with Crippen LogP contribution in [0.4, 0.5) is 5.69 Å². The summed E-state index contributed by atoms with van der Waals surface area (Å²) in [7, 11) is -3.83. The zero-order chi connectivity index (χ0) is 18.2. The average molecular weight is 374 g/mol. The van der Waals surface area contributed by atoms with Crippen LogP contribution in [-0.2, 0) is 14.2 Å². The Labute approximate surface area is 144 Å². The standard InChI is InChI=1S/C14H19N2O6PS/c17-12(18)7-6-10(13(19)20)8-23(21,22)9-15-14(24)16-11-4-2-1-3-5-11/h1-5,10H,6-9H2,(H,17,18)(H,19,20)(H,21,22)(H2,15,16,24). The third-order valence-corrected chi connectivity index (χ3v) is 4.99.